The number of nitrogens with one attached hydrogen (secondary N) is 2. The molecule has 1 aromatic heterocycles. The van der Waals surface area contributed by atoms with E-state index in [-0.39, 0.29) is 10.7 Å². The van der Waals surface area contributed by atoms with Crippen LogP contribution in [0.1, 0.15) is 21.6 Å². The second-order valence-electron chi connectivity index (χ2n) is 5.76. The first-order valence-corrected chi connectivity index (χ1v) is 8.62. The first-order chi connectivity index (χ1) is 12.4. The normalized spacial score (nSPS) is 10.5. The van der Waals surface area contributed by atoms with E-state index < -0.39 is 5.91 Å². The fourth-order valence-electron chi connectivity index (χ4n) is 2.41. The molecule has 0 unspecified atom stereocenters. The van der Waals surface area contributed by atoms with Gasteiger partial charge in [0.1, 0.15) is 5.69 Å². The van der Waals surface area contributed by atoms with Gasteiger partial charge in [0.2, 0.25) is 5.95 Å². The molecule has 132 valence electrons. The first-order valence-electron chi connectivity index (χ1n) is 7.87. The molecule has 3 rings (SSSR count). The summed E-state index contributed by atoms with van der Waals surface area (Å²) in [5.74, 6) is -0.0676. The van der Waals surface area contributed by atoms with Crippen molar-refractivity contribution in [1.29, 1.82) is 0 Å². The lowest BCUT2D eigenvalue weighted by molar-refractivity contribution is 0.102. The van der Waals surface area contributed by atoms with E-state index in [1.165, 1.54) is 17.8 Å². The predicted octanol–water partition coefficient (Wildman–Crippen LogP) is 5.40. The number of anilines is 3. The zero-order valence-corrected chi connectivity index (χ0v) is 15.7. The summed E-state index contributed by atoms with van der Waals surface area (Å²) in [7, 11) is 0. The van der Waals surface area contributed by atoms with Gasteiger partial charge in [-0.3, -0.25) is 4.79 Å². The van der Waals surface area contributed by atoms with Gasteiger partial charge in [0.25, 0.3) is 5.91 Å². The lowest BCUT2D eigenvalue weighted by atomic mass is 10.1. The molecular formula is C19H16Cl2N4O. The number of carbonyl (C=O) groups excluding carboxylic acids is 1. The van der Waals surface area contributed by atoms with E-state index in [1.54, 1.807) is 18.2 Å². The zero-order valence-electron chi connectivity index (χ0n) is 14.2. The molecule has 3 aromatic rings. The Morgan fingerprint density at radius 2 is 1.85 bits per heavy atom. The summed E-state index contributed by atoms with van der Waals surface area (Å²) in [4.78, 5) is 20.9. The lowest BCUT2D eigenvalue weighted by Crippen LogP contribution is -2.15. The van der Waals surface area contributed by atoms with Crippen molar-refractivity contribution in [2.75, 3.05) is 10.6 Å². The smallest absolute Gasteiger partial charge is 0.274 e. The van der Waals surface area contributed by atoms with Crippen LogP contribution in [-0.2, 0) is 0 Å². The van der Waals surface area contributed by atoms with Crippen molar-refractivity contribution in [2.45, 2.75) is 13.8 Å². The molecule has 0 aliphatic rings. The summed E-state index contributed by atoms with van der Waals surface area (Å²) in [6.07, 6.45) is 1.52. The van der Waals surface area contributed by atoms with Crippen LogP contribution in [-0.4, -0.2) is 15.9 Å². The van der Waals surface area contributed by atoms with Gasteiger partial charge in [0, 0.05) is 11.9 Å². The molecule has 0 bridgehead atoms. The van der Waals surface area contributed by atoms with E-state index in [9.17, 15) is 4.79 Å². The molecule has 0 aliphatic carbocycles. The van der Waals surface area contributed by atoms with Crippen LogP contribution in [0.3, 0.4) is 0 Å². The maximum absolute atomic E-state index is 12.5. The molecule has 2 N–H and O–H groups in total. The van der Waals surface area contributed by atoms with Crippen molar-refractivity contribution in [3.05, 3.63) is 75.5 Å². The van der Waals surface area contributed by atoms with Crippen LogP contribution in [0.5, 0.6) is 0 Å². The summed E-state index contributed by atoms with van der Waals surface area (Å²) in [6, 6.07) is 12.6. The maximum Gasteiger partial charge on any atom is 0.274 e. The molecule has 5 nitrogen and oxygen atoms in total. The minimum atomic E-state index is -0.403. The fraction of sp³-hybridized carbons (Fsp3) is 0.105. The highest BCUT2D eigenvalue weighted by atomic mass is 35.5. The number of aromatic nitrogens is 2. The zero-order chi connectivity index (χ0) is 18.7. The second-order valence-corrected chi connectivity index (χ2v) is 6.55. The Labute approximate surface area is 161 Å². The largest absolute Gasteiger partial charge is 0.324 e. The third-order valence-electron chi connectivity index (χ3n) is 3.72. The molecule has 0 fully saturated rings. The SMILES string of the molecule is Cc1ccc(Nc2nccc(C(=O)Nc3cccc(Cl)c3Cl)n2)c(C)c1. The minimum absolute atomic E-state index is 0.211. The third-order valence-corrected chi connectivity index (χ3v) is 4.54. The highest BCUT2D eigenvalue weighted by Gasteiger charge is 2.13. The van der Waals surface area contributed by atoms with E-state index in [0.29, 0.717) is 16.7 Å². The van der Waals surface area contributed by atoms with Crippen LogP contribution in [0.4, 0.5) is 17.3 Å². The number of hydrogen-bond donors (Lipinski definition) is 2. The summed E-state index contributed by atoms with van der Waals surface area (Å²) in [6.45, 7) is 4.02. The summed E-state index contributed by atoms with van der Waals surface area (Å²) in [5, 5.41) is 6.48. The Morgan fingerprint density at radius 1 is 1.04 bits per heavy atom. The van der Waals surface area contributed by atoms with Crippen LogP contribution in [0.25, 0.3) is 0 Å². The Kier molecular flexibility index (Phi) is 5.40. The van der Waals surface area contributed by atoms with Crippen molar-refractivity contribution in [2.24, 2.45) is 0 Å². The lowest BCUT2D eigenvalue weighted by Gasteiger charge is -2.10. The average molecular weight is 387 g/mol. The standard InChI is InChI=1S/C19H16Cl2N4O/c1-11-6-7-14(12(2)10-11)24-19-22-9-8-16(25-19)18(26)23-15-5-3-4-13(20)17(15)21/h3-10H,1-2H3,(H,23,26)(H,22,24,25). The van der Waals surface area contributed by atoms with Crippen molar-refractivity contribution in [3.8, 4) is 0 Å². The molecule has 0 aliphatic heterocycles. The summed E-state index contributed by atoms with van der Waals surface area (Å²) < 4.78 is 0. The molecule has 0 radical (unpaired) electrons. The van der Waals surface area contributed by atoms with E-state index in [4.69, 9.17) is 23.2 Å². The van der Waals surface area contributed by atoms with Gasteiger partial charge >= 0.3 is 0 Å². The first kappa shape index (κ1) is 18.2. The van der Waals surface area contributed by atoms with Crippen molar-refractivity contribution >= 4 is 46.4 Å². The van der Waals surface area contributed by atoms with E-state index >= 15 is 0 Å². The van der Waals surface area contributed by atoms with Gasteiger partial charge < -0.3 is 10.6 Å². The molecule has 7 heteroatoms. The number of hydrogen-bond acceptors (Lipinski definition) is 4. The summed E-state index contributed by atoms with van der Waals surface area (Å²) >= 11 is 12.1. The predicted molar refractivity (Wildman–Crippen MR) is 106 cm³/mol. The number of carbonyl (C=O) groups is 1. The number of aryl methyl sites for hydroxylation is 2. The number of rotatable bonds is 4. The van der Waals surface area contributed by atoms with Gasteiger partial charge in [0.15, 0.2) is 0 Å². The van der Waals surface area contributed by atoms with E-state index in [1.807, 2.05) is 26.0 Å². The van der Waals surface area contributed by atoms with Crippen molar-refractivity contribution < 1.29 is 4.79 Å². The molecule has 0 saturated heterocycles. The Bertz CT molecular complexity index is 976. The Morgan fingerprint density at radius 3 is 2.62 bits per heavy atom. The number of amides is 1. The molecule has 0 saturated carbocycles. The van der Waals surface area contributed by atoms with Gasteiger partial charge in [-0.15, -0.1) is 0 Å². The van der Waals surface area contributed by atoms with Crippen molar-refractivity contribution in [1.82, 2.24) is 9.97 Å². The number of benzene rings is 2. The second kappa shape index (κ2) is 7.72. The van der Waals surface area contributed by atoms with Gasteiger partial charge in [-0.2, -0.15) is 0 Å². The average Bonchev–Trinajstić information content (AvgIpc) is 2.61. The van der Waals surface area contributed by atoms with Crippen LogP contribution in [0.2, 0.25) is 10.0 Å². The molecule has 1 heterocycles. The molecule has 0 atom stereocenters. The topological polar surface area (TPSA) is 66.9 Å². The van der Waals surface area contributed by atoms with Crippen LogP contribution in [0, 0.1) is 13.8 Å². The van der Waals surface area contributed by atoms with Crippen LogP contribution >= 0.6 is 23.2 Å². The molecule has 2 aromatic carbocycles. The van der Waals surface area contributed by atoms with Gasteiger partial charge in [0.05, 0.1) is 15.7 Å². The quantitative estimate of drug-likeness (QED) is 0.629. The summed E-state index contributed by atoms with van der Waals surface area (Å²) in [5.41, 5.74) is 3.75. The Hall–Kier alpha value is -2.63. The molecule has 26 heavy (non-hydrogen) atoms. The highest BCUT2D eigenvalue weighted by Crippen LogP contribution is 2.29. The molecular weight excluding hydrogens is 371 g/mol. The van der Waals surface area contributed by atoms with Crippen molar-refractivity contribution in [3.63, 3.8) is 0 Å². The van der Waals surface area contributed by atoms with Gasteiger partial charge in [-0.1, -0.05) is 47.0 Å². The number of halogens is 2. The molecule has 0 spiro atoms. The Balaban J connectivity index is 1.80. The third kappa shape index (κ3) is 4.12. The monoisotopic (exact) mass is 386 g/mol. The van der Waals surface area contributed by atoms with E-state index in [2.05, 4.69) is 26.7 Å². The van der Waals surface area contributed by atoms with Crippen LogP contribution < -0.4 is 10.6 Å². The minimum Gasteiger partial charge on any atom is -0.324 e. The highest BCUT2D eigenvalue weighted by molar-refractivity contribution is 6.44. The van der Waals surface area contributed by atoms with Gasteiger partial charge in [-0.05, 0) is 43.7 Å². The van der Waals surface area contributed by atoms with E-state index in [0.717, 1.165) is 11.3 Å². The molecule has 1 amide bonds. The maximum atomic E-state index is 12.5. The van der Waals surface area contributed by atoms with Crippen LogP contribution in [0.15, 0.2) is 48.7 Å². The fourth-order valence-corrected chi connectivity index (χ4v) is 2.75. The number of nitrogens with zero attached hydrogens (tertiary/aromatic N) is 2. The van der Waals surface area contributed by atoms with Gasteiger partial charge in [-0.25, -0.2) is 9.97 Å².